The average molecular weight is 162 g/mol. The van der Waals surface area contributed by atoms with Gasteiger partial charge in [-0.2, -0.15) is 0 Å². The van der Waals surface area contributed by atoms with Crippen molar-refractivity contribution in [1.82, 2.24) is 0 Å². The van der Waals surface area contributed by atoms with Crippen LogP contribution in [0.4, 0.5) is 8.78 Å². The van der Waals surface area contributed by atoms with E-state index in [9.17, 15) is 8.78 Å². The molecular formula is C9H16F2. The van der Waals surface area contributed by atoms with Crippen molar-refractivity contribution < 1.29 is 8.78 Å². The fourth-order valence-electron chi connectivity index (χ4n) is 2.23. The van der Waals surface area contributed by atoms with Crippen LogP contribution in [0.15, 0.2) is 0 Å². The molecule has 0 saturated heterocycles. The molecular weight excluding hydrogens is 146 g/mol. The summed E-state index contributed by atoms with van der Waals surface area (Å²) in [7, 11) is 0. The largest absolute Gasteiger partial charge is 0.251 e. The second kappa shape index (κ2) is 3.08. The van der Waals surface area contributed by atoms with Gasteiger partial charge in [-0.15, -0.1) is 0 Å². The van der Waals surface area contributed by atoms with Gasteiger partial charge in [0, 0.05) is 12.3 Å². The van der Waals surface area contributed by atoms with E-state index in [1.165, 1.54) is 0 Å². The Labute approximate surface area is 67.0 Å². The Morgan fingerprint density at radius 1 is 1.27 bits per heavy atom. The van der Waals surface area contributed by atoms with Crippen LogP contribution in [0.5, 0.6) is 0 Å². The molecule has 1 fully saturated rings. The van der Waals surface area contributed by atoms with Gasteiger partial charge in [0.15, 0.2) is 0 Å². The van der Waals surface area contributed by atoms with Crippen molar-refractivity contribution in [3.05, 3.63) is 0 Å². The third-order valence-corrected chi connectivity index (χ3v) is 2.92. The van der Waals surface area contributed by atoms with Crippen LogP contribution in [0.1, 0.15) is 39.5 Å². The van der Waals surface area contributed by atoms with Gasteiger partial charge in [0.2, 0.25) is 0 Å². The van der Waals surface area contributed by atoms with Crippen LogP contribution in [0.3, 0.4) is 0 Å². The quantitative estimate of drug-likeness (QED) is 0.583. The normalized spacial score (nSPS) is 36.0. The molecule has 0 radical (unpaired) electrons. The van der Waals surface area contributed by atoms with Crippen molar-refractivity contribution in [2.45, 2.75) is 45.5 Å². The molecule has 0 aliphatic heterocycles. The Hall–Kier alpha value is -0.140. The molecule has 0 amide bonds. The summed E-state index contributed by atoms with van der Waals surface area (Å²) in [4.78, 5) is 0. The van der Waals surface area contributed by atoms with Crippen LogP contribution in [-0.4, -0.2) is 5.92 Å². The molecule has 0 aromatic rings. The van der Waals surface area contributed by atoms with Gasteiger partial charge >= 0.3 is 0 Å². The lowest BCUT2D eigenvalue weighted by Crippen LogP contribution is -2.24. The SMILES string of the molecule is CCC1CCC(F)(F)C1CC. The summed E-state index contributed by atoms with van der Waals surface area (Å²) in [6.45, 7) is 3.88. The minimum atomic E-state index is -2.37. The smallest absolute Gasteiger partial charge is 0.207 e. The van der Waals surface area contributed by atoms with E-state index in [1.807, 2.05) is 13.8 Å². The standard InChI is InChI=1S/C9H16F2/c1-3-7-5-6-9(10,11)8(7)4-2/h7-8H,3-6H2,1-2H3. The minimum Gasteiger partial charge on any atom is -0.207 e. The van der Waals surface area contributed by atoms with Gasteiger partial charge < -0.3 is 0 Å². The molecule has 11 heavy (non-hydrogen) atoms. The number of hydrogen-bond donors (Lipinski definition) is 0. The third-order valence-electron chi connectivity index (χ3n) is 2.92. The summed E-state index contributed by atoms with van der Waals surface area (Å²) in [6, 6.07) is 0. The van der Waals surface area contributed by atoms with Crippen LogP contribution in [0, 0.1) is 11.8 Å². The highest BCUT2D eigenvalue weighted by atomic mass is 19.3. The lowest BCUT2D eigenvalue weighted by molar-refractivity contribution is -0.0474. The first kappa shape index (κ1) is 8.95. The molecule has 0 aromatic heterocycles. The Morgan fingerprint density at radius 2 is 1.91 bits per heavy atom. The zero-order chi connectivity index (χ0) is 8.48. The Balaban J connectivity index is 2.63. The molecule has 0 heterocycles. The molecule has 1 aliphatic carbocycles. The Bertz CT molecular complexity index is 132. The molecule has 0 N–H and O–H groups in total. The second-order valence-electron chi connectivity index (χ2n) is 3.48. The molecule has 1 rings (SSSR count). The molecule has 2 unspecified atom stereocenters. The van der Waals surface area contributed by atoms with Crippen LogP contribution in [-0.2, 0) is 0 Å². The van der Waals surface area contributed by atoms with E-state index in [0.29, 0.717) is 6.42 Å². The number of halogens is 2. The third kappa shape index (κ3) is 1.54. The van der Waals surface area contributed by atoms with Gasteiger partial charge in [-0.25, -0.2) is 8.78 Å². The molecule has 2 heteroatoms. The predicted molar refractivity (Wildman–Crippen MR) is 41.7 cm³/mol. The molecule has 0 spiro atoms. The fraction of sp³-hybridized carbons (Fsp3) is 1.00. The summed E-state index contributed by atoms with van der Waals surface area (Å²) >= 11 is 0. The lowest BCUT2D eigenvalue weighted by Gasteiger charge is -2.21. The monoisotopic (exact) mass is 162 g/mol. The average Bonchev–Trinajstić information content (AvgIpc) is 2.24. The molecule has 0 nitrogen and oxygen atoms in total. The maximum atomic E-state index is 13.0. The number of hydrogen-bond acceptors (Lipinski definition) is 0. The van der Waals surface area contributed by atoms with Crippen LogP contribution in [0.25, 0.3) is 0 Å². The van der Waals surface area contributed by atoms with Gasteiger partial charge in [0.25, 0.3) is 5.92 Å². The molecule has 0 bridgehead atoms. The second-order valence-corrected chi connectivity index (χ2v) is 3.48. The highest BCUT2D eigenvalue weighted by Gasteiger charge is 2.47. The van der Waals surface area contributed by atoms with Crippen LogP contribution in [0.2, 0.25) is 0 Å². The van der Waals surface area contributed by atoms with E-state index in [-0.39, 0.29) is 18.3 Å². The first-order valence-electron chi connectivity index (χ1n) is 4.49. The van der Waals surface area contributed by atoms with Gasteiger partial charge in [0.1, 0.15) is 0 Å². The summed E-state index contributed by atoms with van der Waals surface area (Å²) in [5.41, 5.74) is 0. The topological polar surface area (TPSA) is 0 Å². The molecule has 1 aliphatic rings. The van der Waals surface area contributed by atoms with E-state index in [4.69, 9.17) is 0 Å². The molecule has 66 valence electrons. The van der Waals surface area contributed by atoms with E-state index >= 15 is 0 Å². The van der Waals surface area contributed by atoms with Crippen molar-refractivity contribution in [3.63, 3.8) is 0 Å². The zero-order valence-corrected chi connectivity index (χ0v) is 7.24. The summed E-state index contributed by atoms with van der Waals surface area (Å²) in [6.07, 6.45) is 2.38. The van der Waals surface area contributed by atoms with Gasteiger partial charge in [-0.1, -0.05) is 20.3 Å². The first-order valence-corrected chi connectivity index (χ1v) is 4.49. The lowest BCUT2D eigenvalue weighted by atomic mass is 9.90. The van der Waals surface area contributed by atoms with E-state index in [0.717, 1.165) is 12.8 Å². The van der Waals surface area contributed by atoms with Crippen molar-refractivity contribution in [2.24, 2.45) is 11.8 Å². The van der Waals surface area contributed by atoms with E-state index in [2.05, 4.69) is 0 Å². The highest BCUT2D eigenvalue weighted by molar-refractivity contribution is 4.88. The Morgan fingerprint density at radius 3 is 2.27 bits per heavy atom. The maximum Gasteiger partial charge on any atom is 0.251 e. The van der Waals surface area contributed by atoms with Gasteiger partial charge in [-0.05, 0) is 18.8 Å². The van der Waals surface area contributed by atoms with Crippen LogP contribution < -0.4 is 0 Å². The summed E-state index contributed by atoms with van der Waals surface area (Å²) < 4.78 is 26.1. The minimum absolute atomic E-state index is 0.115. The van der Waals surface area contributed by atoms with Crippen molar-refractivity contribution in [2.75, 3.05) is 0 Å². The highest BCUT2D eigenvalue weighted by Crippen LogP contribution is 2.47. The number of rotatable bonds is 2. The maximum absolute atomic E-state index is 13.0. The van der Waals surface area contributed by atoms with Crippen molar-refractivity contribution in [1.29, 1.82) is 0 Å². The van der Waals surface area contributed by atoms with Gasteiger partial charge in [0.05, 0.1) is 0 Å². The van der Waals surface area contributed by atoms with Gasteiger partial charge in [-0.3, -0.25) is 0 Å². The molecule has 2 atom stereocenters. The predicted octanol–water partition coefficient (Wildman–Crippen LogP) is 3.47. The Kier molecular flexibility index (Phi) is 2.50. The van der Waals surface area contributed by atoms with Crippen LogP contribution >= 0.6 is 0 Å². The molecule has 0 aromatic carbocycles. The number of alkyl halides is 2. The zero-order valence-electron chi connectivity index (χ0n) is 7.24. The fourth-order valence-corrected chi connectivity index (χ4v) is 2.23. The summed E-state index contributed by atoms with van der Waals surface area (Å²) in [5.74, 6) is -2.43. The van der Waals surface area contributed by atoms with E-state index < -0.39 is 5.92 Å². The van der Waals surface area contributed by atoms with E-state index in [1.54, 1.807) is 0 Å². The summed E-state index contributed by atoms with van der Waals surface area (Å²) in [5, 5.41) is 0. The van der Waals surface area contributed by atoms with Crippen molar-refractivity contribution >= 4 is 0 Å². The van der Waals surface area contributed by atoms with Crippen molar-refractivity contribution in [3.8, 4) is 0 Å². The first-order chi connectivity index (χ1) is 5.11. The molecule has 1 saturated carbocycles.